The van der Waals surface area contributed by atoms with Crippen molar-refractivity contribution in [1.29, 1.82) is 5.26 Å². The van der Waals surface area contributed by atoms with Crippen molar-refractivity contribution in [2.24, 2.45) is 0 Å². The van der Waals surface area contributed by atoms with Crippen LogP contribution in [0.1, 0.15) is 32.8 Å². The minimum Gasteiger partial charge on any atom is -0.444 e. The van der Waals surface area contributed by atoms with E-state index in [0.717, 1.165) is 23.2 Å². The average molecular weight is 565 g/mol. The Morgan fingerprint density at radius 2 is 1.85 bits per heavy atom. The fraction of sp³-hybridized carbons (Fsp3) is 0.417. The van der Waals surface area contributed by atoms with Crippen molar-refractivity contribution in [2.45, 2.75) is 50.4 Å². The molecule has 1 amide bonds. The first kappa shape index (κ1) is 26.5. The number of alkyl halides is 3. The normalized spacial score (nSPS) is 19.4. The number of hydrogen-bond donors (Lipinski definition) is 0. The lowest BCUT2D eigenvalue weighted by Gasteiger charge is -2.56. The highest BCUT2D eigenvalue weighted by Gasteiger charge is 2.50. The Balaban J connectivity index is 1.41. The lowest BCUT2D eigenvalue weighted by molar-refractivity contribution is -0.0500. The van der Waals surface area contributed by atoms with Gasteiger partial charge in [0.15, 0.2) is 5.75 Å². The van der Waals surface area contributed by atoms with Crippen LogP contribution in [0.5, 0.6) is 5.75 Å². The molecule has 2 atom stereocenters. The second-order valence-corrected chi connectivity index (χ2v) is 11.8. The molecule has 3 aromatic heterocycles. The number of aromatic nitrogens is 3. The van der Waals surface area contributed by atoms with Crippen molar-refractivity contribution >= 4 is 27.5 Å². The van der Waals surface area contributed by atoms with Gasteiger partial charge in [-0.15, -0.1) is 0 Å². The molecular weight excluding hydrogens is 541 g/mol. The largest absolute Gasteiger partial charge is 0.534 e. The molecule has 0 saturated carbocycles. The molecule has 39 heavy (non-hydrogen) atoms. The summed E-state index contributed by atoms with van der Waals surface area (Å²) in [5.74, 6) is -0.0146. The maximum Gasteiger partial charge on any atom is 0.534 e. The number of anilines is 1. The fourth-order valence-corrected chi connectivity index (χ4v) is 5.20. The van der Waals surface area contributed by atoms with Crippen LogP contribution in [0, 0.1) is 11.3 Å². The van der Waals surface area contributed by atoms with Crippen LogP contribution in [0.2, 0.25) is 0 Å². The van der Waals surface area contributed by atoms with Crippen molar-refractivity contribution < 1.29 is 35.3 Å². The number of pyridine rings is 2. The first-order valence-corrected chi connectivity index (χ1v) is 13.2. The summed E-state index contributed by atoms with van der Waals surface area (Å²) in [6, 6.07) is 6.37. The number of piperidine rings is 1. The summed E-state index contributed by atoms with van der Waals surface area (Å²) in [6.45, 7) is 6.53. The number of rotatable bonds is 4. The molecule has 3 fully saturated rings. The summed E-state index contributed by atoms with van der Waals surface area (Å²) in [5, 5.41) is 13.4. The molecule has 3 saturated heterocycles. The van der Waals surface area contributed by atoms with E-state index >= 15 is 0 Å². The molecule has 206 valence electrons. The summed E-state index contributed by atoms with van der Waals surface area (Å²) in [4.78, 5) is 20.8. The Labute approximate surface area is 221 Å². The molecule has 0 aliphatic carbocycles. The predicted octanol–water partition coefficient (Wildman–Crippen LogP) is 3.69. The Kier molecular flexibility index (Phi) is 6.13. The Morgan fingerprint density at radius 3 is 2.41 bits per heavy atom. The predicted molar refractivity (Wildman–Crippen MR) is 131 cm³/mol. The first-order chi connectivity index (χ1) is 18.2. The fourth-order valence-electron chi connectivity index (χ4n) is 4.76. The summed E-state index contributed by atoms with van der Waals surface area (Å²) < 4.78 is 72.7. The Hall–Kier alpha value is -4.06. The zero-order valence-corrected chi connectivity index (χ0v) is 21.8. The van der Waals surface area contributed by atoms with E-state index in [-0.39, 0.29) is 34.8 Å². The van der Waals surface area contributed by atoms with Crippen LogP contribution >= 0.6 is 0 Å². The van der Waals surface area contributed by atoms with Gasteiger partial charge in [-0.3, -0.25) is 4.90 Å². The van der Waals surface area contributed by atoms with Crippen LogP contribution in [0.25, 0.3) is 16.6 Å². The van der Waals surface area contributed by atoms with Gasteiger partial charge in [-0.2, -0.15) is 31.9 Å². The SMILES string of the molecule is CC(C)(C)OC(=O)N1C2CC1CN(c1ccc(-c3cc(OS(=O)(=O)C(F)(F)F)cn4ncc(C#N)c34)cn1)C2. The maximum atomic E-state index is 12.9. The van der Waals surface area contributed by atoms with Gasteiger partial charge < -0.3 is 13.8 Å². The first-order valence-electron chi connectivity index (χ1n) is 11.8. The highest BCUT2D eigenvalue weighted by Crippen LogP contribution is 2.37. The van der Waals surface area contributed by atoms with Crippen LogP contribution in [-0.2, 0) is 14.9 Å². The minimum atomic E-state index is -5.93. The third-order valence-corrected chi connectivity index (χ3v) is 7.36. The number of hydrogen-bond acceptors (Lipinski definition) is 9. The van der Waals surface area contributed by atoms with E-state index < -0.39 is 27.0 Å². The monoisotopic (exact) mass is 564 g/mol. The molecule has 11 nitrogen and oxygen atoms in total. The molecule has 0 radical (unpaired) electrons. The van der Waals surface area contributed by atoms with Gasteiger partial charge in [0, 0.05) is 30.4 Å². The maximum absolute atomic E-state index is 12.9. The van der Waals surface area contributed by atoms with Crippen LogP contribution < -0.4 is 9.08 Å². The number of ether oxygens (including phenoxy) is 1. The molecule has 3 aliphatic rings. The third-order valence-electron chi connectivity index (χ3n) is 6.38. The van der Waals surface area contributed by atoms with Crippen molar-refractivity contribution in [3.05, 3.63) is 42.4 Å². The number of amides is 1. The molecule has 0 aromatic carbocycles. The third kappa shape index (κ3) is 4.91. The van der Waals surface area contributed by atoms with Crippen LogP contribution in [-0.4, -0.2) is 70.3 Å². The molecule has 2 unspecified atom stereocenters. The Morgan fingerprint density at radius 1 is 1.15 bits per heavy atom. The van der Waals surface area contributed by atoms with Gasteiger partial charge in [-0.05, 0) is 45.4 Å². The second-order valence-electron chi connectivity index (χ2n) is 10.3. The summed E-state index contributed by atoms with van der Waals surface area (Å²) in [7, 11) is -5.93. The number of fused-ring (bicyclic) bond motifs is 3. The number of halogens is 3. The van der Waals surface area contributed by atoms with Gasteiger partial charge in [0.25, 0.3) is 0 Å². The van der Waals surface area contributed by atoms with E-state index in [1.165, 1.54) is 12.4 Å². The highest BCUT2D eigenvalue weighted by molar-refractivity contribution is 7.88. The highest BCUT2D eigenvalue weighted by atomic mass is 32.2. The zero-order chi connectivity index (χ0) is 28.3. The lowest BCUT2D eigenvalue weighted by Crippen LogP contribution is -2.70. The molecule has 2 bridgehead atoms. The average Bonchev–Trinajstić information content (AvgIpc) is 3.24. The van der Waals surface area contributed by atoms with E-state index in [2.05, 4.69) is 14.3 Å². The topological polar surface area (TPSA) is 130 Å². The standard InChI is InChI=1S/C24H23F3N6O5S/c1-23(2,3)37-22(34)33-16-6-17(33)12-31(11-16)20-5-4-14(9-29-20)19-7-18(38-39(35,36)24(25,26)27)13-32-21(19)15(8-28)10-30-32/h4-5,7,9-10,13,16-17H,6,11-12H2,1-3H3. The molecular formula is C24H23F3N6O5S. The quantitative estimate of drug-likeness (QED) is 0.344. The minimum absolute atomic E-state index is 0.0194. The van der Waals surface area contributed by atoms with Gasteiger partial charge in [0.05, 0.1) is 35.6 Å². The van der Waals surface area contributed by atoms with Gasteiger partial charge in [0.1, 0.15) is 17.5 Å². The van der Waals surface area contributed by atoms with Crippen molar-refractivity contribution in [1.82, 2.24) is 19.5 Å². The van der Waals surface area contributed by atoms with Crippen molar-refractivity contribution in [2.75, 3.05) is 18.0 Å². The van der Waals surface area contributed by atoms with Gasteiger partial charge in [-0.25, -0.2) is 14.3 Å². The van der Waals surface area contributed by atoms with Crippen molar-refractivity contribution in [3.8, 4) is 22.9 Å². The van der Waals surface area contributed by atoms with Crippen LogP contribution in [0.15, 0.2) is 36.8 Å². The zero-order valence-electron chi connectivity index (χ0n) is 21.0. The van der Waals surface area contributed by atoms with Crippen molar-refractivity contribution in [3.63, 3.8) is 0 Å². The summed E-state index contributed by atoms with van der Waals surface area (Å²) >= 11 is 0. The molecule has 6 heterocycles. The number of carbonyl (C=O) groups excluding carboxylic acids is 1. The molecule has 3 aliphatic heterocycles. The molecule has 15 heteroatoms. The molecule has 6 rings (SSSR count). The van der Waals surface area contributed by atoms with E-state index in [0.29, 0.717) is 24.5 Å². The Bertz CT molecular complexity index is 1580. The smallest absolute Gasteiger partial charge is 0.444 e. The van der Waals surface area contributed by atoms with Gasteiger partial charge in [0.2, 0.25) is 0 Å². The number of carbonyl (C=O) groups is 1. The number of nitriles is 1. The molecule has 0 spiro atoms. The van der Waals surface area contributed by atoms with Crippen LogP contribution in [0.4, 0.5) is 23.8 Å². The molecule has 3 aromatic rings. The van der Waals surface area contributed by atoms with E-state index in [1.54, 1.807) is 17.0 Å². The number of nitrogens with zero attached hydrogens (tertiary/aromatic N) is 6. The summed E-state index contributed by atoms with van der Waals surface area (Å²) in [5.41, 5.74) is -5.25. The van der Waals surface area contributed by atoms with E-state index in [9.17, 15) is 31.6 Å². The lowest BCUT2D eigenvalue weighted by atomic mass is 9.88. The number of piperazine rings is 1. The second kappa shape index (κ2) is 9.01. The van der Waals surface area contributed by atoms with E-state index in [4.69, 9.17) is 4.74 Å². The van der Waals surface area contributed by atoms with Crippen LogP contribution in [0.3, 0.4) is 0 Å². The molecule has 0 N–H and O–H groups in total. The summed E-state index contributed by atoms with van der Waals surface area (Å²) in [6.07, 6.45) is 4.13. The van der Waals surface area contributed by atoms with Gasteiger partial charge in [-0.1, -0.05) is 0 Å². The van der Waals surface area contributed by atoms with E-state index in [1.807, 2.05) is 31.7 Å². The van der Waals surface area contributed by atoms with Gasteiger partial charge >= 0.3 is 21.7 Å².